The molecule has 1 fully saturated rings. The molecule has 2 aliphatic heterocycles. The Hall–Kier alpha value is -2.74. The summed E-state index contributed by atoms with van der Waals surface area (Å²) in [5.41, 5.74) is 6.18. The number of hydrogen-bond donors (Lipinski definition) is 3. The number of aliphatic hydroxyl groups excluding tert-OH is 1. The normalized spacial score (nSPS) is 26.3. The number of primary amides is 1. The molecular weight excluding hydrogens is 326 g/mol. The number of aromatic nitrogens is 1. The van der Waals surface area contributed by atoms with E-state index in [1.807, 2.05) is 6.92 Å². The number of pyridine rings is 1. The van der Waals surface area contributed by atoms with Gasteiger partial charge in [0.1, 0.15) is 5.70 Å². The number of nitrogens with zero attached hydrogens (tertiary/aromatic N) is 2. The molecule has 3 heterocycles. The van der Waals surface area contributed by atoms with Gasteiger partial charge in [-0.3, -0.25) is 9.59 Å². The molecule has 25 heavy (non-hydrogen) atoms. The molecule has 0 aromatic carbocycles. The van der Waals surface area contributed by atoms with Crippen molar-refractivity contribution in [3.63, 3.8) is 0 Å². The van der Waals surface area contributed by atoms with Gasteiger partial charge in [-0.2, -0.15) is 0 Å². The summed E-state index contributed by atoms with van der Waals surface area (Å²) in [7, 11) is 0. The predicted octanol–water partition coefficient (Wildman–Crippen LogP) is -0.731. The maximum atomic E-state index is 12.3. The van der Waals surface area contributed by atoms with Crippen molar-refractivity contribution in [3.05, 3.63) is 41.4 Å². The van der Waals surface area contributed by atoms with Crippen LogP contribution >= 0.6 is 0 Å². The number of fused-ring (bicyclic) bond motifs is 1. The standard InChI is InChI=1S/C17H19N3O5/c1-8-11(7-19-5-3-10(4-6-19)15(18)22)14(17(24)25)20-13(8)12(9(2)21)16(20)23/h3-6,8-9,12-13,21H,7H2,1-2H3,(H2-,18,22,24,25)/p+1/t8-,9+,12+,13+/m0/s1. The minimum absolute atomic E-state index is 0.00845. The van der Waals surface area contributed by atoms with E-state index >= 15 is 0 Å². The highest BCUT2D eigenvalue weighted by Gasteiger charge is 2.60. The fraction of sp³-hybridized carbons (Fsp3) is 0.412. The van der Waals surface area contributed by atoms with Crippen molar-refractivity contribution in [3.8, 4) is 0 Å². The Balaban J connectivity index is 1.93. The summed E-state index contributed by atoms with van der Waals surface area (Å²) in [5.74, 6) is -2.82. The maximum absolute atomic E-state index is 12.3. The van der Waals surface area contributed by atoms with Crippen LogP contribution in [0.25, 0.3) is 0 Å². The van der Waals surface area contributed by atoms with Crippen LogP contribution in [0.2, 0.25) is 0 Å². The lowest BCUT2D eigenvalue weighted by molar-refractivity contribution is -0.689. The predicted molar refractivity (Wildman–Crippen MR) is 84.8 cm³/mol. The fourth-order valence-corrected chi connectivity index (χ4v) is 3.78. The number of nitrogens with two attached hydrogens (primary N) is 1. The average molecular weight is 346 g/mol. The number of aliphatic carboxylic acids is 1. The van der Waals surface area contributed by atoms with E-state index in [9.17, 15) is 24.6 Å². The van der Waals surface area contributed by atoms with Crippen LogP contribution in [0.5, 0.6) is 0 Å². The van der Waals surface area contributed by atoms with Gasteiger partial charge >= 0.3 is 5.97 Å². The third kappa shape index (κ3) is 2.58. The zero-order valence-corrected chi connectivity index (χ0v) is 13.9. The molecule has 0 radical (unpaired) electrons. The zero-order valence-electron chi connectivity index (χ0n) is 13.9. The first-order chi connectivity index (χ1) is 11.7. The lowest BCUT2D eigenvalue weighted by Crippen LogP contribution is -2.63. The zero-order chi connectivity index (χ0) is 18.5. The van der Waals surface area contributed by atoms with Crippen molar-refractivity contribution in [1.29, 1.82) is 0 Å². The SMILES string of the molecule is C[C@@H](O)[C@H]1C(=O)N2C(C(=O)O)=C(C[n+]3ccc(C(N)=O)cc3)[C@H](C)[C@H]12. The van der Waals surface area contributed by atoms with Crippen LogP contribution in [-0.2, 0) is 16.1 Å². The Bertz CT molecular complexity index is 784. The summed E-state index contributed by atoms with van der Waals surface area (Å²) >= 11 is 0. The van der Waals surface area contributed by atoms with Gasteiger partial charge in [0, 0.05) is 23.6 Å². The number of carboxylic acid groups (broad SMARTS) is 1. The van der Waals surface area contributed by atoms with Gasteiger partial charge in [-0.1, -0.05) is 6.92 Å². The van der Waals surface area contributed by atoms with E-state index in [0.717, 1.165) is 0 Å². The molecule has 0 saturated carbocycles. The van der Waals surface area contributed by atoms with E-state index in [-0.39, 0.29) is 30.1 Å². The molecule has 1 saturated heterocycles. The largest absolute Gasteiger partial charge is 0.477 e. The maximum Gasteiger partial charge on any atom is 0.352 e. The van der Waals surface area contributed by atoms with Crippen molar-refractivity contribution < 1.29 is 29.2 Å². The first-order valence-corrected chi connectivity index (χ1v) is 8.00. The number of carbonyl (C=O) groups excluding carboxylic acids is 2. The summed E-state index contributed by atoms with van der Waals surface area (Å²) < 4.78 is 1.73. The fourth-order valence-electron chi connectivity index (χ4n) is 3.78. The first-order valence-electron chi connectivity index (χ1n) is 8.00. The van der Waals surface area contributed by atoms with Crippen LogP contribution in [0.15, 0.2) is 35.8 Å². The van der Waals surface area contributed by atoms with Crippen molar-refractivity contribution in [2.24, 2.45) is 17.6 Å². The van der Waals surface area contributed by atoms with Gasteiger partial charge < -0.3 is 20.8 Å². The Labute approximate surface area is 144 Å². The van der Waals surface area contributed by atoms with Gasteiger partial charge in [0.15, 0.2) is 18.9 Å². The van der Waals surface area contributed by atoms with Crippen molar-refractivity contribution in [1.82, 2.24) is 4.90 Å². The molecule has 0 spiro atoms. The summed E-state index contributed by atoms with van der Waals surface area (Å²) in [5, 5.41) is 19.4. The molecule has 1 aromatic rings. The van der Waals surface area contributed by atoms with E-state index in [0.29, 0.717) is 11.1 Å². The van der Waals surface area contributed by atoms with Crippen molar-refractivity contribution >= 4 is 17.8 Å². The van der Waals surface area contributed by atoms with Crippen molar-refractivity contribution in [2.45, 2.75) is 32.5 Å². The highest BCUT2D eigenvalue weighted by Crippen LogP contribution is 2.47. The molecule has 132 valence electrons. The van der Waals surface area contributed by atoms with E-state index < -0.39 is 23.9 Å². The van der Waals surface area contributed by atoms with Crippen LogP contribution in [0.4, 0.5) is 0 Å². The molecule has 1 aromatic heterocycles. The topological polar surface area (TPSA) is 125 Å². The summed E-state index contributed by atoms with van der Waals surface area (Å²) in [6, 6.07) is 2.78. The van der Waals surface area contributed by atoms with E-state index in [2.05, 4.69) is 0 Å². The van der Waals surface area contributed by atoms with Gasteiger partial charge in [-0.15, -0.1) is 0 Å². The van der Waals surface area contributed by atoms with Gasteiger partial charge in [0.2, 0.25) is 11.8 Å². The quantitative estimate of drug-likeness (QED) is 0.479. The Morgan fingerprint density at radius 3 is 2.44 bits per heavy atom. The lowest BCUT2D eigenvalue weighted by atomic mass is 9.78. The van der Waals surface area contributed by atoms with E-state index in [1.165, 1.54) is 4.90 Å². The Kier molecular flexibility index (Phi) is 4.08. The summed E-state index contributed by atoms with van der Waals surface area (Å²) in [6.45, 7) is 3.68. The van der Waals surface area contributed by atoms with Crippen LogP contribution in [0.3, 0.4) is 0 Å². The van der Waals surface area contributed by atoms with Crippen LogP contribution < -0.4 is 10.3 Å². The number of carbonyl (C=O) groups is 3. The van der Waals surface area contributed by atoms with Crippen LogP contribution in [0, 0.1) is 11.8 Å². The number of β-lactam (4-membered cyclic amide) rings is 1. The Morgan fingerprint density at radius 2 is 1.96 bits per heavy atom. The molecule has 8 heteroatoms. The number of amides is 2. The molecule has 0 bridgehead atoms. The molecule has 4 N–H and O–H groups in total. The number of rotatable bonds is 5. The third-order valence-electron chi connectivity index (χ3n) is 5.05. The van der Waals surface area contributed by atoms with E-state index in [1.54, 1.807) is 36.0 Å². The molecule has 2 aliphatic rings. The molecule has 2 amide bonds. The van der Waals surface area contributed by atoms with Crippen LogP contribution in [-0.4, -0.2) is 45.0 Å². The second-order valence-electron chi connectivity index (χ2n) is 6.56. The smallest absolute Gasteiger partial charge is 0.352 e. The monoisotopic (exact) mass is 346 g/mol. The van der Waals surface area contributed by atoms with Gasteiger partial charge in [0.25, 0.3) is 0 Å². The number of carboxylic acids is 1. The van der Waals surface area contributed by atoms with Crippen molar-refractivity contribution in [2.75, 3.05) is 0 Å². The second-order valence-corrected chi connectivity index (χ2v) is 6.56. The Morgan fingerprint density at radius 1 is 1.36 bits per heavy atom. The molecule has 0 aliphatic carbocycles. The number of hydrogen-bond acceptors (Lipinski definition) is 4. The number of aliphatic hydroxyl groups is 1. The molecule has 8 nitrogen and oxygen atoms in total. The highest BCUT2D eigenvalue weighted by atomic mass is 16.4. The summed E-state index contributed by atoms with van der Waals surface area (Å²) in [4.78, 5) is 36.4. The first kappa shape index (κ1) is 17.1. The summed E-state index contributed by atoms with van der Waals surface area (Å²) in [6.07, 6.45) is 2.46. The minimum atomic E-state index is -1.16. The second kappa shape index (κ2) is 5.96. The molecule has 0 unspecified atom stereocenters. The third-order valence-corrected chi connectivity index (χ3v) is 5.05. The highest BCUT2D eigenvalue weighted by molar-refractivity contribution is 6.00. The van der Waals surface area contributed by atoms with Crippen LogP contribution in [0.1, 0.15) is 24.2 Å². The molecular formula is C17H20N3O5+. The van der Waals surface area contributed by atoms with Gasteiger partial charge in [-0.05, 0) is 6.92 Å². The molecule has 3 rings (SSSR count). The van der Waals surface area contributed by atoms with Gasteiger partial charge in [0.05, 0.1) is 23.6 Å². The minimum Gasteiger partial charge on any atom is -0.477 e. The molecule has 4 atom stereocenters. The average Bonchev–Trinajstić information content (AvgIpc) is 2.77. The van der Waals surface area contributed by atoms with E-state index in [4.69, 9.17) is 5.73 Å². The van der Waals surface area contributed by atoms with Gasteiger partial charge in [-0.25, -0.2) is 9.36 Å². The lowest BCUT2D eigenvalue weighted by Gasteiger charge is -2.46.